The van der Waals surface area contributed by atoms with Crippen molar-refractivity contribution < 1.29 is 9.53 Å². The van der Waals surface area contributed by atoms with Gasteiger partial charge in [-0.15, -0.1) is 0 Å². The van der Waals surface area contributed by atoms with Crippen molar-refractivity contribution in [2.24, 2.45) is 4.99 Å². The summed E-state index contributed by atoms with van der Waals surface area (Å²) < 4.78 is 5.28. The highest BCUT2D eigenvalue weighted by Gasteiger charge is 2.36. The molecule has 1 unspecified atom stereocenters. The molecule has 2 aliphatic rings. The standard InChI is InChI=1S/C36H42N6O2/c1-39(2)18-19-40-20-22-41(23-21-40)36-38-33-11-7-6-10-32(33)34(25-35(43)37-26-27-12-16-31(44-3)17-13-27)42(36)30-15-14-28-8-4-5-9-29(28)24-30/h4-17,24,34H,18-23,25-26H2,1-3H3,(H,37,43). The number of likely N-dealkylation sites (N-methyl/N-ethyl adjacent to an activating group) is 1. The third-order valence-electron chi connectivity index (χ3n) is 8.60. The second kappa shape index (κ2) is 13.5. The molecule has 0 spiro atoms. The normalized spacial score (nSPS) is 17.0. The number of para-hydroxylation sites is 1. The third-order valence-corrected chi connectivity index (χ3v) is 8.60. The molecule has 0 aromatic heterocycles. The van der Waals surface area contributed by atoms with Gasteiger partial charge in [0.15, 0.2) is 0 Å². The Morgan fingerprint density at radius 3 is 2.39 bits per heavy atom. The van der Waals surface area contributed by atoms with Gasteiger partial charge in [0.25, 0.3) is 0 Å². The highest BCUT2D eigenvalue weighted by Crippen LogP contribution is 2.41. The van der Waals surface area contributed by atoms with Crippen molar-refractivity contribution in [1.29, 1.82) is 0 Å². The number of anilines is 1. The van der Waals surface area contributed by atoms with Crippen molar-refractivity contribution in [2.75, 3.05) is 65.4 Å². The van der Waals surface area contributed by atoms with Crippen LogP contribution in [0.1, 0.15) is 23.6 Å². The lowest BCUT2D eigenvalue weighted by molar-refractivity contribution is -0.121. The zero-order valence-corrected chi connectivity index (χ0v) is 25.9. The van der Waals surface area contributed by atoms with Crippen molar-refractivity contribution in [3.8, 4) is 5.75 Å². The molecule has 1 amide bonds. The summed E-state index contributed by atoms with van der Waals surface area (Å²) in [7, 11) is 5.90. The molecule has 8 nitrogen and oxygen atoms in total. The molecule has 0 saturated carbocycles. The van der Waals surface area contributed by atoms with Crippen LogP contribution in [0.3, 0.4) is 0 Å². The van der Waals surface area contributed by atoms with Crippen LogP contribution in [0.15, 0.2) is 96.0 Å². The van der Waals surface area contributed by atoms with Crippen LogP contribution < -0.4 is 15.0 Å². The zero-order chi connectivity index (χ0) is 30.5. The molecular weight excluding hydrogens is 548 g/mol. The van der Waals surface area contributed by atoms with Crippen LogP contribution in [0.2, 0.25) is 0 Å². The topological polar surface area (TPSA) is 63.7 Å². The third kappa shape index (κ3) is 6.72. The molecule has 0 bridgehead atoms. The van der Waals surface area contributed by atoms with E-state index in [9.17, 15) is 4.79 Å². The Balaban J connectivity index is 1.31. The fourth-order valence-corrected chi connectivity index (χ4v) is 6.06. The van der Waals surface area contributed by atoms with Gasteiger partial charge < -0.3 is 24.8 Å². The summed E-state index contributed by atoms with van der Waals surface area (Å²) in [5, 5.41) is 5.53. The molecule has 4 aromatic carbocycles. The minimum atomic E-state index is -0.206. The van der Waals surface area contributed by atoms with Crippen molar-refractivity contribution in [2.45, 2.75) is 19.0 Å². The number of amides is 1. The van der Waals surface area contributed by atoms with Gasteiger partial charge in [0.2, 0.25) is 11.9 Å². The maximum Gasteiger partial charge on any atom is 0.222 e. The number of hydrogen-bond acceptors (Lipinski definition) is 7. The van der Waals surface area contributed by atoms with Gasteiger partial charge in [-0.05, 0) is 60.8 Å². The molecule has 4 aromatic rings. The Morgan fingerprint density at radius 2 is 1.64 bits per heavy atom. The smallest absolute Gasteiger partial charge is 0.222 e. The quantitative estimate of drug-likeness (QED) is 0.286. The molecule has 6 rings (SSSR count). The summed E-state index contributed by atoms with van der Waals surface area (Å²) in [6.45, 7) is 6.29. The Bertz CT molecular complexity index is 1610. The van der Waals surface area contributed by atoms with Gasteiger partial charge in [0.1, 0.15) is 5.75 Å². The van der Waals surface area contributed by atoms with Gasteiger partial charge in [-0.2, -0.15) is 0 Å². The van der Waals surface area contributed by atoms with Crippen LogP contribution in [0.25, 0.3) is 10.8 Å². The van der Waals surface area contributed by atoms with E-state index >= 15 is 0 Å². The first kappa shape index (κ1) is 29.7. The number of carbonyl (C=O) groups is 1. The summed E-state index contributed by atoms with van der Waals surface area (Å²) in [6.07, 6.45) is 0.307. The first-order valence-corrected chi connectivity index (χ1v) is 15.5. The van der Waals surface area contributed by atoms with Crippen molar-refractivity contribution in [1.82, 2.24) is 20.0 Å². The largest absolute Gasteiger partial charge is 0.497 e. The van der Waals surface area contributed by atoms with Gasteiger partial charge in [-0.3, -0.25) is 9.69 Å². The lowest BCUT2D eigenvalue weighted by Gasteiger charge is -2.45. The first-order chi connectivity index (χ1) is 21.5. The summed E-state index contributed by atoms with van der Waals surface area (Å²) >= 11 is 0. The number of guanidine groups is 1. The van der Waals surface area contributed by atoms with Crippen LogP contribution in [0, 0.1) is 0 Å². The van der Waals surface area contributed by atoms with Crippen LogP contribution in [0.5, 0.6) is 5.75 Å². The highest BCUT2D eigenvalue weighted by atomic mass is 16.5. The maximum atomic E-state index is 13.6. The SMILES string of the molecule is COc1ccc(CNC(=O)CC2c3ccccc3N=C(N3CCN(CCN(C)C)CC3)N2c2ccc3ccccc3c2)cc1. The maximum absolute atomic E-state index is 13.6. The molecule has 2 aliphatic heterocycles. The van der Waals surface area contributed by atoms with E-state index in [0.29, 0.717) is 13.0 Å². The van der Waals surface area contributed by atoms with Gasteiger partial charge in [-0.25, -0.2) is 4.99 Å². The van der Waals surface area contributed by atoms with Crippen LogP contribution >= 0.6 is 0 Å². The van der Waals surface area contributed by atoms with Gasteiger partial charge in [0.05, 0.1) is 25.3 Å². The lowest BCUT2D eigenvalue weighted by atomic mass is 9.96. The number of hydrogen-bond donors (Lipinski definition) is 1. The number of fused-ring (bicyclic) bond motifs is 2. The average molecular weight is 591 g/mol. The Morgan fingerprint density at radius 1 is 0.909 bits per heavy atom. The fraction of sp³-hybridized carbons (Fsp3) is 0.333. The van der Waals surface area contributed by atoms with E-state index in [-0.39, 0.29) is 11.9 Å². The molecule has 1 atom stereocenters. The highest BCUT2D eigenvalue weighted by molar-refractivity contribution is 6.03. The van der Waals surface area contributed by atoms with E-state index < -0.39 is 0 Å². The molecular formula is C36H42N6O2. The van der Waals surface area contributed by atoms with Gasteiger partial charge in [-0.1, -0.05) is 60.7 Å². The second-order valence-electron chi connectivity index (χ2n) is 11.8. The van der Waals surface area contributed by atoms with E-state index in [4.69, 9.17) is 9.73 Å². The molecule has 8 heteroatoms. The van der Waals surface area contributed by atoms with Crippen molar-refractivity contribution in [3.63, 3.8) is 0 Å². The van der Waals surface area contributed by atoms with Gasteiger partial charge >= 0.3 is 0 Å². The van der Waals surface area contributed by atoms with Gasteiger partial charge in [0, 0.05) is 57.1 Å². The van der Waals surface area contributed by atoms with Crippen LogP contribution in [0.4, 0.5) is 11.4 Å². The average Bonchev–Trinajstić information content (AvgIpc) is 3.06. The number of aliphatic imine (C=N–C) groups is 1. The summed E-state index contributed by atoms with van der Waals surface area (Å²) in [4.78, 5) is 28.4. The minimum absolute atomic E-state index is 0.00108. The number of rotatable bonds is 9. The van der Waals surface area contributed by atoms with Crippen LogP contribution in [-0.2, 0) is 11.3 Å². The molecule has 0 aliphatic carbocycles. The van der Waals surface area contributed by atoms with E-state index in [0.717, 1.165) is 73.5 Å². The van der Waals surface area contributed by atoms with E-state index in [1.165, 1.54) is 10.8 Å². The Labute approximate surface area is 260 Å². The van der Waals surface area contributed by atoms with Crippen molar-refractivity contribution in [3.05, 3.63) is 102 Å². The molecule has 1 N–H and O–H groups in total. The first-order valence-electron chi connectivity index (χ1n) is 15.5. The lowest BCUT2D eigenvalue weighted by Crippen LogP contribution is -2.56. The van der Waals surface area contributed by atoms with Crippen molar-refractivity contribution >= 4 is 34.0 Å². The van der Waals surface area contributed by atoms with E-state index in [2.05, 4.69) is 93.6 Å². The molecule has 1 saturated heterocycles. The zero-order valence-electron chi connectivity index (χ0n) is 25.9. The Kier molecular flexibility index (Phi) is 9.09. The molecule has 1 fully saturated rings. The fourth-order valence-electron chi connectivity index (χ4n) is 6.06. The number of methoxy groups -OCH3 is 1. The monoisotopic (exact) mass is 590 g/mol. The number of piperazine rings is 1. The molecule has 228 valence electrons. The predicted octanol–water partition coefficient (Wildman–Crippen LogP) is 5.28. The molecule has 0 radical (unpaired) electrons. The number of benzene rings is 4. The molecule has 2 heterocycles. The summed E-state index contributed by atoms with van der Waals surface area (Å²) in [5.41, 5.74) is 4.07. The summed E-state index contributed by atoms with van der Waals surface area (Å²) in [5.74, 6) is 1.72. The predicted molar refractivity (Wildman–Crippen MR) is 179 cm³/mol. The number of carbonyl (C=O) groups excluding carboxylic acids is 1. The number of nitrogens with one attached hydrogen (secondary N) is 1. The van der Waals surface area contributed by atoms with E-state index in [1.807, 2.05) is 36.4 Å². The molecule has 44 heavy (non-hydrogen) atoms. The number of nitrogens with zero attached hydrogens (tertiary/aromatic N) is 5. The Hall–Kier alpha value is -4.40. The summed E-state index contributed by atoms with van der Waals surface area (Å²) in [6, 6.07) is 30.9. The minimum Gasteiger partial charge on any atom is -0.497 e. The second-order valence-corrected chi connectivity index (χ2v) is 11.8. The van der Waals surface area contributed by atoms with Crippen LogP contribution in [-0.4, -0.2) is 87.0 Å². The van der Waals surface area contributed by atoms with E-state index in [1.54, 1.807) is 7.11 Å². The number of ether oxygens (including phenoxy) is 1.